The molecule has 2 N–H and O–H groups in total. The van der Waals surface area contributed by atoms with E-state index in [9.17, 15) is 9.18 Å². The molecule has 0 saturated carbocycles. The van der Waals surface area contributed by atoms with E-state index in [2.05, 4.69) is 10.6 Å². The van der Waals surface area contributed by atoms with Gasteiger partial charge in [-0.3, -0.25) is 10.1 Å². The fourth-order valence-electron chi connectivity index (χ4n) is 2.50. The van der Waals surface area contributed by atoms with Crippen LogP contribution in [-0.2, 0) is 9.53 Å². The van der Waals surface area contributed by atoms with E-state index in [0.29, 0.717) is 6.54 Å². The summed E-state index contributed by atoms with van der Waals surface area (Å²) >= 11 is 5.78. The molecule has 1 amide bonds. The Bertz CT molecular complexity index is 521. The highest BCUT2D eigenvalue weighted by atomic mass is 35.5. The molecule has 1 heterocycles. The van der Waals surface area contributed by atoms with Gasteiger partial charge in [-0.1, -0.05) is 17.7 Å². The highest BCUT2D eigenvalue weighted by molar-refractivity contribution is 6.30. The van der Waals surface area contributed by atoms with E-state index in [0.717, 1.165) is 25.0 Å². The average Bonchev–Trinajstić information content (AvgIpc) is 3.00. The van der Waals surface area contributed by atoms with Gasteiger partial charge in [-0.15, -0.1) is 0 Å². The number of carbonyl (C=O) groups is 1. The van der Waals surface area contributed by atoms with Crippen LogP contribution in [0.5, 0.6) is 0 Å². The number of rotatable bonds is 6. The molecule has 0 radical (unpaired) electrons. The lowest BCUT2D eigenvalue weighted by Crippen LogP contribution is -2.45. The largest absolute Gasteiger partial charge is 0.376 e. The van der Waals surface area contributed by atoms with Gasteiger partial charge in [-0.05, 0) is 44.4 Å². The van der Waals surface area contributed by atoms with Crippen LogP contribution in [0, 0.1) is 5.82 Å². The molecule has 0 bridgehead atoms. The maximum absolute atomic E-state index is 13.2. The zero-order valence-corrected chi connectivity index (χ0v) is 13.6. The van der Waals surface area contributed by atoms with Gasteiger partial charge >= 0.3 is 0 Å². The molecule has 1 aliphatic heterocycles. The number of hydrogen-bond acceptors (Lipinski definition) is 3. The van der Waals surface area contributed by atoms with Gasteiger partial charge in [0.15, 0.2) is 0 Å². The third-order valence-electron chi connectivity index (χ3n) is 3.86. The fourth-order valence-corrected chi connectivity index (χ4v) is 2.69. The SMILES string of the molecule is C[C@H](N[C@H](C)c1ccc(F)c(Cl)c1)C(=O)NC[C@@H]1CCCO1. The Morgan fingerprint density at radius 3 is 2.91 bits per heavy atom. The van der Waals surface area contributed by atoms with Gasteiger partial charge in [-0.25, -0.2) is 4.39 Å². The number of amides is 1. The van der Waals surface area contributed by atoms with Crippen LogP contribution < -0.4 is 10.6 Å². The van der Waals surface area contributed by atoms with Crippen LogP contribution in [0.3, 0.4) is 0 Å². The standard InChI is InChI=1S/C16H22ClFN2O2/c1-10(12-5-6-15(18)14(17)8-12)20-11(2)16(21)19-9-13-4-3-7-22-13/h5-6,8,10-11,13,20H,3-4,7,9H2,1-2H3,(H,19,21)/t10-,11+,13+/m1/s1. The Morgan fingerprint density at radius 2 is 2.27 bits per heavy atom. The van der Waals surface area contributed by atoms with E-state index in [-0.39, 0.29) is 29.1 Å². The lowest BCUT2D eigenvalue weighted by atomic mass is 10.1. The quantitative estimate of drug-likeness (QED) is 0.844. The Labute approximate surface area is 135 Å². The molecule has 0 aliphatic carbocycles. The van der Waals surface area contributed by atoms with E-state index in [1.807, 2.05) is 6.92 Å². The molecule has 1 aliphatic rings. The Hall–Kier alpha value is -1.17. The number of halogens is 2. The van der Waals surface area contributed by atoms with Crippen molar-refractivity contribution in [3.8, 4) is 0 Å². The van der Waals surface area contributed by atoms with Crippen LogP contribution in [0.2, 0.25) is 5.02 Å². The lowest BCUT2D eigenvalue weighted by Gasteiger charge is -2.21. The highest BCUT2D eigenvalue weighted by Crippen LogP contribution is 2.21. The molecule has 1 aromatic rings. The first kappa shape index (κ1) is 17.2. The van der Waals surface area contributed by atoms with Crippen molar-refractivity contribution in [2.75, 3.05) is 13.2 Å². The van der Waals surface area contributed by atoms with Gasteiger partial charge in [0, 0.05) is 19.2 Å². The number of benzene rings is 1. The van der Waals surface area contributed by atoms with Crippen LogP contribution >= 0.6 is 11.6 Å². The smallest absolute Gasteiger partial charge is 0.236 e. The monoisotopic (exact) mass is 328 g/mol. The van der Waals surface area contributed by atoms with Gasteiger partial charge in [0.1, 0.15) is 5.82 Å². The molecular formula is C16H22ClFN2O2. The third-order valence-corrected chi connectivity index (χ3v) is 4.15. The maximum atomic E-state index is 13.2. The summed E-state index contributed by atoms with van der Waals surface area (Å²) in [5.74, 6) is -0.518. The molecule has 122 valence electrons. The molecule has 1 saturated heterocycles. The molecule has 3 atom stereocenters. The summed E-state index contributed by atoms with van der Waals surface area (Å²) in [5.41, 5.74) is 0.838. The minimum Gasteiger partial charge on any atom is -0.376 e. The Kier molecular flexibility index (Phi) is 6.17. The number of hydrogen-bond donors (Lipinski definition) is 2. The predicted molar refractivity (Wildman–Crippen MR) is 84.4 cm³/mol. The number of carbonyl (C=O) groups excluding carboxylic acids is 1. The molecule has 0 spiro atoms. The summed E-state index contributed by atoms with van der Waals surface area (Å²) in [4.78, 5) is 12.1. The zero-order chi connectivity index (χ0) is 16.1. The van der Waals surface area contributed by atoms with Crippen LogP contribution in [0.15, 0.2) is 18.2 Å². The first-order valence-corrected chi connectivity index (χ1v) is 7.95. The molecule has 22 heavy (non-hydrogen) atoms. The van der Waals surface area contributed by atoms with Gasteiger partial charge < -0.3 is 10.1 Å². The van der Waals surface area contributed by atoms with E-state index in [1.165, 1.54) is 6.07 Å². The second kappa shape index (κ2) is 7.90. The average molecular weight is 329 g/mol. The topological polar surface area (TPSA) is 50.4 Å². The summed E-state index contributed by atoms with van der Waals surface area (Å²) in [6.07, 6.45) is 2.17. The van der Waals surface area contributed by atoms with Crippen LogP contribution in [-0.4, -0.2) is 31.2 Å². The van der Waals surface area contributed by atoms with Gasteiger partial charge in [0.05, 0.1) is 17.2 Å². The molecule has 2 rings (SSSR count). The minimum absolute atomic E-state index is 0.0736. The zero-order valence-electron chi connectivity index (χ0n) is 12.9. The summed E-state index contributed by atoms with van der Waals surface area (Å²) < 4.78 is 18.6. The summed E-state index contributed by atoms with van der Waals surface area (Å²) in [6.45, 7) is 5.03. The maximum Gasteiger partial charge on any atom is 0.236 e. The molecule has 6 heteroatoms. The van der Waals surface area contributed by atoms with Gasteiger partial charge in [-0.2, -0.15) is 0 Å². The van der Waals surface area contributed by atoms with Crippen molar-refractivity contribution in [3.05, 3.63) is 34.6 Å². The number of ether oxygens (including phenoxy) is 1. The fraction of sp³-hybridized carbons (Fsp3) is 0.562. The van der Waals surface area contributed by atoms with Crippen molar-refractivity contribution < 1.29 is 13.9 Å². The summed E-state index contributed by atoms with van der Waals surface area (Å²) in [6, 6.07) is 4.10. The molecule has 0 aromatic heterocycles. The third kappa shape index (κ3) is 4.66. The Balaban J connectivity index is 1.82. The molecule has 4 nitrogen and oxygen atoms in total. The van der Waals surface area contributed by atoms with Crippen molar-refractivity contribution in [3.63, 3.8) is 0 Å². The summed E-state index contributed by atoms with van der Waals surface area (Å²) in [5, 5.41) is 6.16. The molecule has 0 unspecified atom stereocenters. The van der Waals surface area contributed by atoms with Gasteiger partial charge in [0.2, 0.25) is 5.91 Å². The van der Waals surface area contributed by atoms with Crippen molar-refractivity contribution in [2.24, 2.45) is 0 Å². The number of nitrogens with one attached hydrogen (secondary N) is 2. The first-order valence-electron chi connectivity index (χ1n) is 7.57. The van der Waals surface area contributed by atoms with Crippen LogP contribution in [0.4, 0.5) is 4.39 Å². The second-order valence-corrected chi connectivity index (χ2v) is 6.07. The van der Waals surface area contributed by atoms with E-state index in [1.54, 1.807) is 19.1 Å². The molecule has 1 fully saturated rings. The van der Waals surface area contributed by atoms with Gasteiger partial charge in [0.25, 0.3) is 0 Å². The van der Waals surface area contributed by atoms with Crippen LogP contribution in [0.25, 0.3) is 0 Å². The van der Waals surface area contributed by atoms with Crippen molar-refractivity contribution >= 4 is 17.5 Å². The first-order chi connectivity index (χ1) is 10.5. The van der Waals surface area contributed by atoms with Crippen molar-refractivity contribution in [2.45, 2.75) is 44.9 Å². The van der Waals surface area contributed by atoms with Crippen LogP contribution in [0.1, 0.15) is 38.3 Å². The van der Waals surface area contributed by atoms with Crippen molar-refractivity contribution in [1.82, 2.24) is 10.6 Å². The van der Waals surface area contributed by atoms with E-state index >= 15 is 0 Å². The predicted octanol–water partition coefficient (Wildman–Crippen LogP) is 2.81. The minimum atomic E-state index is -0.444. The Morgan fingerprint density at radius 1 is 1.50 bits per heavy atom. The highest BCUT2D eigenvalue weighted by Gasteiger charge is 2.20. The molecular weight excluding hydrogens is 307 g/mol. The lowest BCUT2D eigenvalue weighted by molar-refractivity contribution is -0.123. The van der Waals surface area contributed by atoms with E-state index < -0.39 is 5.82 Å². The second-order valence-electron chi connectivity index (χ2n) is 5.66. The van der Waals surface area contributed by atoms with E-state index in [4.69, 9.17) is 16.3 Å². The van der Waals surface area contributed by atoms with Crippen molar-refractivity contribution in [1.29, 1.82) is 0 Å². The summed E-state index contributed by atoms with van der Waals surface area (Å²) in [7, 11) is 0. The molecule has 1 aromatic carbocycles. The normalized spacial score (nSPS) is 20.6.